The quantitative estimate of drug-likeness (QED) is 0.579. The van der Waals surface area contributed by atoms with Crippen LogP contribution in [-0.2, 0) is 9.53 Å². The van der Waals surface area contributed by atoms with E-state index in [2.05, 4.69) is 0 Å². The number of hydrogen-bond acceptors (Lipinski definition) is 3. The molecule has 1 aromatic rings. The van der Waals surface area contributed by atoms with Gasteiger partial charge in [-0.2, -0.15) is 0 Å². The van der Waals surface area contributed by atoms with Gasteiger partial charge in [-0.3, -0.25) is 4.79 Å². The average Bonchev–Trinajstić information content (AvgIpc) is 2.27. The second-order valence-corrected chi connectivity index (χ2v) is 3.73. The van der Waals surface area contributed by atoms with Crippen molar-refractivity contribution in [2.75, 3.05) is 0 Å². The lowest BCUT2D eigenvalue weighted by Crippen LogP contribution is -2.12. The van der Waals surface area contributed by atoms with Gasteiger partial charge in [-0.05, 0) is 25.5 Å². The van der Waals surface area contributed by atoms with Crippen LogP contribution in [0, 0.1) is 6.92 Å². The predicted molar refractivity (Wildman–Crippen MR) is 61.1 cm³/mol. The monoisotopic (exact) mass is 220 g/mol. The molecular weight excluding hydrogens is 204 g/mol. The summed E-state index contributed by atoms with van der Waals surface area (Å²) in [7, 11) is 0. The van der Waals surface area contributed by atoms with Crippen molar-refractivity contribution in [3.8, 4) is 0 Å². The molecule has 0 saturated heterocycles. The van der Waals surface area contributed by atoms with Crippen molar-refractivity contribution in [2.45, 2.75) is 33.1 Å². The van der Waals surface area contributed by atoms with Gasteiger partial charge in [0.25, 0.3) is 0 Å². The standard InChI is InChI=1S/C13H16O3/c1-3-4-5-12(14)16-13(15)11-8-6-10(2)7-9-11/h6-9H,3-5H2,1-2H3. The van der Waals surface area contributed by atoms with E-state index in [-0.39, 0.29) is 0 Å². The smallest absolute Gasteiger partial charge is 0.345 e. The number of rotatable bonds is 4. The van der Waals surface area contributed by atoms with Gasteiger partial charge in [0.15, 0.2) is 0 Å². The minimum atomic E-state index is -0.568. The van der Waals surface area contributed by atoms with E-state index in [1.165, 1.54) is 0 Å². The number of ether oxygens (including phenoxy) is 1. The van der Waals surface area contributed by atoms with Gasteiger partial charge >= 0.3 is 11.9 Å². The topological polar surface area (TPSA) is 43.4 Å². The van der Waals surface area contributed by atoms with Crippen LogP contribution in [0.5, 0.6) is 0 Å². The Bertz CT molecular complexity index is 365. The van der Waals surface area contributed by atoms with E-state index >= 15 is 0 Å². The fourth-order valence-corrected chi connectivity index (χ4v) is 1.22. The van der Waals surface area contributed by atoms with E-state index in [1.54, 1.807) is 12.1 Å². The van der Waals surface area contributed by atoms with Crippen LogP contribution < -0.4 is 0 Å². The molecule has 0 aliphatic heterocycles. The molecule has 0 aliphatic rings. The molecular formula is C13H16O3. The number of carbonyl (C=O) groups excluding carboxylic acids is 2. The van der Waals surface area contributed by atoms with E-state index in [1.807, 2.05) is 26.0 Å². The van der Waals surface area contributed by atoms with Crippen molar-refractivity contribution >= 4 is 11.9 Å². The van der Waals surface area contributed by atoms with Crippen molar-refractivity contribution < 1.29 is 14.3 Å². The van der Waals surface area contributed by atoms with Gasteiger partial charge < -0.3 is 4.74 Å². The first-order valence-electron chi connectivity index (χ1n) is 5.45. The third-order valence-electron chi connectivity index (χ3n) is 2.23. The first kappa shape index (κ1) is 12.4. The van der Waals surface area contributed by atoms with Gasteiger partial charge in [0, 0.05) is 6.42 Å². The molecule has 86 valence electrons. The van der Waals surface area contributed by atoms with E-state index in [9.17, 15) is 9.59 Å². The van der Waals surface area contributed by atoms with Gasteiger partial charge in [-0.15, -0.1) is 0 Å². The summed E-state index contributed by atoms with van der Waals surface area (Å²) < 4.78 is 4.70. The Balaban J connectivity index is 2.52. The minimum absolute atomic E-state index is 0.300. The van der Waals surface area contributed by atoms with Crippen molar-refractivity contribution in [1.29, 1.82) is 0 Å². The van der Waals surface area contributed by atoms with Crippen molar-refractivity contribution in [1.82, 2.24) is 0 Å². The van der Waals surface area contributed by atoms with E-state index in [0.717, 1.165) is 18.4 Å². The molecule has 0 bridgehead atoms. The van der Waals surface area contributed by atoms with Crippen molar-refractivity contribution in [2.24, 2.45) is 0 Å². The highest BCUT2D eigenvalue weighted by Gasteiger charge is 2.11. The molecule has 0 heterocycles. The number of hydrogen-bond donors (Lipinski definition) is 0. The third-order valence-corrected chi connectivity index (χ3v) is 2.23. The molecule has 0 N–H and O–H groups in total. The van der Waals surface area contributed by atoms with Crippen LogP contribution in [0.15, 0.2) is 24.3 Å². The second-order valence-electron chi connectivity index (χ2n) is 3.73. The number of unbranched alkanes of at least 4 members (excludes halogenated alkanes) is 1. The lowest BCUT2D eigenvalue weighted by atomic mass is 10.1. The Morgan fingerprint density at radius 2 is 1.81 bits per heavy atom. The Morgan fingerprint density at radius 1 is 1.19 bits per heavy atom. The van der Waals surface area contributed by atoms with Gasteiger partial charge in [-0.1, -0.05) is 31.0 Å². The first-order chi connectivity index (χ1) is 7.63. The largest absolute Gasteiger partial charge is 0.389 e. The molecule has 1 rings (SSSR count). The van der Waals surface area contributed by atoms with Gasteiger partial charge in [-0.25, -0.2) is 4.79 Å². The average molecular weight is 220 g/mol. The molecule has 1 aromatic carbocycles. The van der Waals surface area contributed by atoms with Gasteiger partial charge in [0.1, 0.15) is 0 Å². The van der Waals surface area contributed by atoms with Crippen molar-refractivity contribution in [3.05, 3.63) is 35.4 Å². The molecule has 3 heteroatoms. The van der Waals surface area contributed by atoms with Crippen LogP contribution >= 0.6 is 0 Å². The van der Waals surface area contributed by atoms with Gasteiger partial charge in [0.2, 0.25) is 0 Å². The summed E-state index contributed by atoms with van der Waals surface area (Å²) in [4.78, 5) is 22.7. The maximum Gasteiger partial charge on any atom is 0.345 e. The summed E-state index contributed by atoms with van der Waals surface area (Å²) in [6.45, 7) is 3.91. The second kappa shape index (κ2) is 6.05. The fourth-order valence-electron chi connectivity index (χ4n) is 1.22. The zero-order valence-corrected chi connectivity index (χ0v) is 9.66. The third kappa shape index (κ3) is 3.85. The molecule has 0 amide bonds. The number of carbonyl (C=O) groups is 2. The van der Waals surface area contributed by atoms with Crippen LogP contribution in [-0.4, -0.2) is 11.9 Å². The van der Waals surface area contributed by atoms with E-state index < -0.39 is 11.9 Å². The molecule has 0 saturated carbocycles. The predicted octanol–water partition coefficient (Wildman–Crippen LogP) is 2.87. The lowest BCUT2D eigenvalue weighted by molar-refractivity contribution is -0.138. The van der Waals surface area contributed by atoms with E-state index in [4.69, 9.17) is 4.74 Å². The molecule has 0 fully saturated rings. The minimum Gasteiger partial charge on any atom is -0.389 e. The highest BCUT2D eigenvalue weighted by molar-refractivity contribution is 5.96. The van der Waals surface area contributed by atoms with Crippen molar-refractivity contribution in [3.63, 3.8) is 0 Å². The maximum absolute atomic E-state index is 11.5. The number of esters is 2. The van der Waals surface area contributed by atoms with Gasteiger partial charge in [0.05, 0.1) is 5.56 Å². The van der Waals surface area contributed by atoms with Crippen LogP contribution in [0.3, 0.4) is 0 Å². The molecule has 0 unspecified atom stereocenters. The molecule has 16 heavy (non-hydrogen) atoms. The summed E-state index contributed by atoms with van der Waals surface area (Å²) in [6.07, 6.45) is 1.96. The van der Waals surface area contributed by atoms with Crippen LogP contribution in [0.4, 0.5) is 0 Å². The normalized spacial score (nSPS) is 9.88. The van der Waals surface area contributed by atoms with Crippen LogP contribution in [0.25, 0.3) is 0 Å². The summed E-state index contributed by atoms with van der Waals surface area (Å²) >= 11 is 0. The number of aryl methyl sites for hydroxylation is 1. The highest BCUT2D eigenvalue weighted by atomic mass is 16.6. The SMILES string of the molecule is CCCCC(=O)OC(=O)c1ccc(C)cc1. The fraction of sp³-hybridized carbons (Fsp3) is 0.385. The molecule has 3 nitrogen and oxygen atoms in total. The van der Waals surface area contributed by atoms with Crippen LogP contribution in [0.1, 0.15) is 42.1 Å². The van der Waals surface area contributed by atoms with Crippen LogP contribution in [0.2, 0.25) is 0 Å². The Kier molecular flexibility index (Phi) is 4.70. The molecule has 0 spiro atoms. The number of benzene rings is 1. The summed E-state index contributed by atoms with van der Waals surface area (Å²) in [5.74, 6) is -1.02. The molecule has 0 atom stereocenters. The lowest BCUT2D eigenvalue weighted by Gasteiger charge is -2.02. The summed E-state index contributed by atoms with van der Waals surface area (Å²) in [5.41, 5.74) is 1.48. The Morgan fingerprint density at radius 3 is 2.38 bits per heavy atom. The Labute approximate surface area is 95.4 Å². The zero-order chi connectivity index (χ0) is 12.0. The summed E-state index contributed by atoms with van der Waals surface area (Å²) in [5, 5.41) is 0. The molecule has 0 aliphatic carbocycles. The Hall–Kier alpha value is -1.64. The molecule has 0 radical (unpaired) electrons. The van der Waals surface area contributed by atoms with E-state index in [0.29, 0.717) is 12.0 Å². The molecule has 0 aromatic heterocycles. The summed E-state index contributed by atoms with van der Waals surface area (Å²) in [6, 6.07) is 6.94. The highest BCUT2D eigenvalue weighted by Crippen LogP contribution is 2.06. The first-order valence-corrected chi connectivity index (χ1v) is 5.45. The maximum atomic E-state index is 11.5. The zero-order valence-electron chi connectivity index (χ0n) is 9.66.